The Labute approximate surface area is 255 Å². The Morgan fingerprint density at radius 1 is 0.390 bits per heavy atom. The van der Waals surface area contributed by atoms with Gasteiger partial charge in [0.15, 0.2) is 0 Å². The Morgan fingerprint density at radius 2 is 0.780 bits per heavy atom. The van der Waals surface area contributed by atoms with Gasteiger partial charge in [0.2, 0.25) is 0 Å². The predicted octanol–water partition coefficient (Wildman–Crippen LogP) is 12.7. The van der Waals surface area contributed by atoms with Crippen molar-refractivity contribution in [2.75, 3.05) is 0 Å². The van der Waals surface area contributed by atoms with Crippen molar-refractivity contribution in [1.82, 2.24) is 0 Å². The van der Waals surface area contributed by atoms with Gasteiger partial charge in [-0.3, -0.25) is 0 Å². The van der Waals surface area contributed by atoms with Crippen molar-refractivity contribution in [3.8, 4) is 0 Å². The SMILES string of the molecule is CCCCCCCCCCc1ccc2cc3[se]c4cc5ccc(CCCCCCCCCC)cc5cc4c3cc2c1. The molecule has 1 aromatic heterocycles. The van der Waals surface area contributed by atoms with E-state index in [1.807, 2.05) is 0 Å². The summed E-state index contributed by atoms with van der Waals surface area (Å²) >= 11 is 0.401. The normalized spacial score (nSPS) is 12.0. The zero-order valence-electron chi connectivity index (χ0n) is 25.9. The minimum absolute atomic E-state index is 0.401. The maximum absolute atomic E-state index is 2.51. The van der Waals surface area contributed by atoms with Crippen molar-refractivity contribution in [2.45, 2.75) is 129 Å². The molecule has 41 heavy (non-hydrogen) atoms. The molecule has 0 aliphatic carbocycles. The molecule has 0 nitrogen and oxygen atoms in total. The minimum atomic E-state index is 0.401. The number of hydrogen-bond acceptors (Lipinski definition) is 0. The van der Waals surface area contributed by atoms with Gasteiger partial charge in [0.1, 0.15) is 0 Å². The van der Waals surface area contributed by atoms with Gasteiger partial charge in [0.25, 0.3) is 0 Å². The summed E-state index contributed by atoms with van der Waals surface area (Å²) in [5, 5.41) is 8.66. The summed E-state index contributed by atoms with van der Waals surface area (Å²) in [5.41, 5.74) is 3.02. The fourth-order valence-electron chi connectivity index (χ4n) is 6.60. The molecule has 0 bridgehead atoms. The van der Waals surface area contributed by atoms with E-state index in [4.69, 9.17) is 0 Å². The topological polar surface area (TPSA) is 0 Å². The molecule has 0 unspecified atom stereocenters. The van der Waals surface area contributed by atoms with Crippen molar-refractivity contribution in [3.63, 3.8) is 0 Å². The first-order valence-corrected chi connectivity index (χ1v) is 18.8. The summed E-state index contributed by atoms with van der Waals surface area (Å²) in [6, 6.07) is 24.5. The molecule has 5 aromatic rings. The Balaban J connectivity index is 1.24. The van der Waals surface area contributed by atoms with E-state index in [9.17, 15) is 0 Å². The monoisotopic (exact) mass is 612 g/mol. The van der Waals surface area contributed by atoms with E-state index < -0.39 is 0 Å². The average molecular weight is 612 g/mol. The number of unbranched alkanes of at least 4 members (excludes halogenated alkanes) is 14. The summed E-state index contributed by atoms with van der Waals surface area (Å²) < 4.78 is 3.12. The van der Waals surface area contributed by atoms with Gasteiger partial charge in [0, 0.05) is 0 Å². The van der Waals surface area contributed by atoms with Crippen LogP contribution in [-0.4, -0.2) is 14.5 Å². The average Bonchev–Trinajstić information content (AvgIpc) is 3.33. The molecule has 0 spiro atoms. The molecule has 0 amide bonds. The predicted molar refractivity (Wildman–Crippen MR) is 186 cm³/mol. The number of rotatable bonds is 18. The van der Waals surface area contributed by atoms with Crippen LogP contribution in [0.1, 0.15) is 128 Å². The van der Waals surface area contributed by atoms with Crippen molar-refractivity contribution in [3.05, 3.63) is 71.8 Å². The third-order valence-corrected chi connectivity index (χ3v) is 11.5. The molecular weight excluding hydrogens is 559 g/mol. The van der Waals surface area contributed by atoms with Crippen LogP contribution < -0.4 is 0 Å². The van der Waals surface area contributed by atoms with Crippen LogP contribution in [-0.2, 0) is 12.8 Å². The van der Waals surface area contributed by atoms with Crippen LogP contribution in [0.25, 0.3) is 40.8 Å². The quantitative estimate of drug-likeness (QED) is 0.0683. The molecule has 218 valence electrons. The molecule has 0 aliphatic heterocycles. The maximum atomic E-state index is 2.51. The van der Waals surface area contributed by atoms with Crippen LogP contribution in [0.4, 0.5) is 0 Å². The van der Waals surface area contributed by atoms with Crippen molar-refractivity contribution < 1.29 is 0 Å². The number of hydrogen-bond donors (Lipinski definition) is 0. The zero-order chi connectivity index (χ0) is 28.3. The van der Waals surface area contributed by atoms with Gasteiger partial charge in [0.05, 0.1) is 0 Å². The Hall–Kier alpha value is -2.08. The fraction of sp³-hybridized carbons (Fsp3) is 0.500. The van der Waals surface area contributed by atoms with Gasteiger partial charge in [-0.15, -0.1) is 0 Å². The summed E-state index contributed by atoms with van der Waals surface area (Å²) in [7, 11) is 0. The third kappa shape index (κ3) is 8.49. The number of aryl methyl sites for hydroxylation is 2. The van der Waals surface area contributed by atoms with Crippen molar-refractivity contribution in [2.24, 2.45) is 0 Å². The second kappa shape index (κ2) is 16.0. The second-order valence-electron chi connectivity index (χ2n) is 12.6. The Bertz CT molecular complexity index is 1410. The van der Waals surface area contributed by atoms with Gasteiger partial charge in [-0.05, 0) is 0 Å². The van der Waals surface area contributed by atoms with Gasteiger partial charge in [-0.25, -0.2) is 0 Å². The van der Waals surface area contributed by atoms with Crippen molar-refractivity contribution >= 4 is 55.3 Å². The molecular formula is C40H52Se. The zero-order valence-corrected chi connectivity index (χ0v) is 27.6. The van der Waals surface area contributed by atoms with E-state index in [1.54, 1.807) is 8.52 Å². The molecule has 0 atom stereocenters. The van der Waals surface area contributed by atoms with Gasteiger partial charge in [-0.2, -0.15) is 0 Å². The van der Waals surface area contributed by atoms with Crippen molar-refractivity contribution in [1.29, 1.82) is 0 Å². The van der Waals surface area contributed by atoms with E-state index in [-0.39, 0.29) is 0 Å². The summed E-state index contributed by atoms with van der Waals surface area (Å²) in [6.07, 6.45) is 24.7. The molecule has 0 radical (unpaired) electrons. The molecule has 0 aliphatic rings. The molecule has 0 saturated heterocycles. The van der Waals surface area contributed by atoms with Crippen LogP contribution >= 0.6 is 0 Å². The first-order chi connectivity index (χ1) is 20.2. The molecule has 1 heteroatoms. The number of fused-ring (bicyclic) bond motifs is 5. The van der Waals surface area contributed by atoms with Crippen LogP contribution in [0.15, 0.2) is 60.7 Å². The van der Waals surface area contributed by atoms with Gasteiger partial charge in [-0.1, -0.05) is 52.4 Å². The molecule has 4 aromatic carbocycles. The van der Waals surface area contributed by atoms with Crippen LogP contribution in [0.2, 0.25) is 0 Å². The van der Waals surface area contributed by atoms with Gasteiger partial charge < -0.3 is 0 Å². The summed E-state index contributed by atoms with van der Waals surface area (Å²) in [4.78, 5) is 0. The number of benzene rings is 4. The third-order valence-electron chi connectivity index (χ3n) is 9.15. The molecule has 0 fully saturated rings. The second-order valence-corrected chi connectivity index (χ2v) is 14.9. The van der Waals surface area contributed by atoms with E-state index in [2.05, 4.69) is 74.5 Å². The molecule has 0 N–H and O–H groups in total. The molecule has 1 heterocycles. The first kappa shape index (κ1) is 30.4. The standard InChI is InChI=1S/C40H52Se/c1-3-5-7-9-11-13-15-17-19-31-21-23-33-29-39-37(27-35(33)25-31)38-28-36-26-32(22-24-34(36)30-40(38)41-39)20-18-16-14-12-10-8-6-4-2/h21-30H,3-20H2,1-2H3. The first-order valence-electron chi connectivity index (χ1n) is 17.1. The fourth-order valence-corrected chi connectivity index (χ4v) is 9.05. The van der Waals surface area contributed by atoms with Crippen LogP contribution in [0, 0.1) is 0 Å². The summed E-state index contributed by atoms with van der Waals surface area (Å²) in [5.74, 6) is 0. The summed E-state index contributed by atoms with van der Waals surface area (Å²) in [6.45, 7) is 4.60. The van der Waals surface area contributed by atoms with Crippen LogP contribution in [0.3, 0.4) is 0 Å². The molecule has 5 rings (SSSR count). The van der Waals surface area contributed by atoms with E-state index in [0.29, 0.717) is 14.5 Å². The van der Waals surface area contributed by atoms with Crippen LogP contribution in [0.5, 0.6) is 0 Å². The molecule has 0 saturated carbocycles. The Morgan fingerprint density at radius 3 is 1.20 bits per heavy atom. The Kier molecular flexibility index (Phi) is 11.8. The van der Waals surface area contributed by atoms with Gasteiger partial charge >= 0.3 is 204 Å². The van der Waals surface area contributed by atoms with E-state index in [0.717, 1.165) is 0 Å². The van der Waals surface area contributed by atoms with E-state index >= 15 is 0 Å². The van der Waals surface area contributed by atoms with E-state index in [1.165, 1.54) is 159 Å².